The molecule has 0 spiro atoms. The van der Waals surface area contributed by atoms with Crippen LogP contribution in [0.1, 0.15) is 29.8 Å². The summed E-state index contributed by atoms with van der Waals surface area (Å²) in [4.78, 5) is 10.5. The van der Waals surface area contributed by atoms with Gasteiger partial charge in [0.25, 0.3) is 0 Å². The molecule has 0 aliphatic heterocycles. The molecule has 15 heavy (non-hydrogen) atoms. The van der Waals surface area contributed by atoms with Crippen molar-refractivity contribution in [2.45, 2.75) is 20.8 Å². The molecule has 3 nitrogen and oxygen atoms in total. The van der Waals surface area contributed by atoms with Gasteiger partial charge in [-0.15, -0.1) is 0 Å². The quantitative estimate of drug-likeness (QED) is 0.823. The number of carbonyl (C=O) groups is 1. The lowest BCUT2D eigenvalue weighted by Gasteiger charge is -2.05. The van der Waals surface area contributed by atoms with Crippen LogP contribution in [0.25, 0.3) is 0 Å². The second kappa shape index (κ2) is 6.01. The summed E-state index contributed by atoms with van der Waals surface area (Å²) >= 11 is 0. The van der Waals surface area contributed by atoms with E-state index in [1.54, 1.807) is 6.92 Å². The third-order valence-corrected chi connectivity index (χ3v) is 1.71. The minimum atomic E-state index is -1.27. The van der Waals surface area contributed by atoms with E-state index >= 15 is 0 Å². The number of methoxy groups -OCH3 is 1. The minimum absolute atomic E-state index is 0.335. The standard InChI is InChI=1S/C9H9FO3.C2H6/c1-5-3-6(9(11)12)7(10)4-8(5)13-2;1-2/h3-4H,1-2H3,(H,11,12);1-2H3. The molecule has 84 valence electrons. The highest BCUT2D eigenvalue weighted by atomic mass is 19.1. The van der Waals surface area contributed by atoms with Crippen molar-refractivity contribution in [3.05, 3.63) is 29.1 Å². The lowest BCUT2D eigenvalue weighted by atomic mass is 10.1. The first kappa shape index (κ1) is 13.4. The van der Waals surface area contributed by atoms with Gasteiger partial charge in [-0.3, -0.25) is 0 Å². The third-order valence-electron chi connectivity index (χ3n) is 1.71. The topological polar surface area (TPSA) is 46.5 Å². The Morgan fingerprint density at radius 1 is 1.40 bits per heavy atom. The van der Waals surface area contributed by atoms with E-state index in [0.717, 1.165) is 6.07 Å². The van der Waals surface area contributed by atoms with Crippen molar-refractivity contribution in [2.75, 3.05) is 7.11 Å². The Hall–Kier alpha value is -1.58. The maximum atomic E-state index is 13.0. The normalized spacial score (nSPS) is 8.87. The van der Waals surface area contributed by atoms with Gasteiger partial charge >= 0.3 is 5.97 Å². The van der Waals surface area contributed by atoms with Crippen LogP contribution in [0.5, 0.6) is 5.75 Å². The number of halogens is 1. The Balaban J connectivity index is 0.000000921. The Bertz CT molecular complexity index is 348. The molecule has 0 saturated carbocycles. The molecule has 0 fully saturated rings. The number of carboxylic acid groups (broad SMARTS) is 1. The number of hydrogen-bond acceptors (Lipinski definition) is 2. The van der Waals surface area contributed by atoms with Gasteiger partial charge in [0.2, 0.25) is 0 Å². The van der Waals surface area contributed by atoms with Crippen LogP contribution < -0.4 is 4.74 Å². The summed E-state index contributed by atoms with van der Waals surface area (Å²) in [6.07, 6.45) is 0. The average molecular weight is 214 g/mol. The second-order valence-corrected chi connectivity index (χ2v) is 2.61. The molecule has 0 unspecified atom stereocenters. The Morgan fingerprint density at radius 3 is 2.33 bits per heavy atom. The first-order chi connectivity index (χ1) is 7.06. The molecule has 0 aliphatic rings. The highest BCUT2D eigenvalue weighted by Crippen LogP contribution is 2.21. The van der Waals surface area contributed by atoms with E-state index in [0.29, 0.717) is 11.3 Å². The summed E-state index contributed by atoms with van der Waals surface area (Å²) < 4.78 is 17.8. The molecule has 0 bridgehead atoms. The number of ether oxygens (including phenoxy) is 1. The number of carboxylic acids is 1. The van der Waals surface area contributed by atoms with E-state index in [1.165, 1.54) is 13.2 Å². The zero-order valence-corrected chi connectivity index (χ0v) is 9.30. The van der Waals surface area contributed by atoms with Crippen LogP contribution in [0.4, 0.5) is 4.39 Å². The van der Waals surface area contributed by atoms with Gasteiger partial charge in [0, 0.05) is 6.07 Å². The number of hydrogen-bond donors (Lipinski definition) is 1. The van der Waals surface area contributed by atoms with Gasteiger partial charge in [-0.2, -0.15) is 0 Å². The molecule has 0 saturated heterocycles. The minimum Gasteiger partial charge on any atom is -0.496 e. The van der Waals surface area contributed by atoms with Crippen molar-refractivity contribution in [1.29, 1.82) is 0 Å². The van der Waals surface area contributed by atoms with Gasteiger partial charge in [-0.1, -0.05) is 13.8 Å². The highest BCUT2D eigenvalue weighted by Gasteiger charge is 2.12. The maximum absolute atomic E-state index is 13.0. The van der Waals surface area contributed by atoms with Gasteiger partial charge in [0.05, 0.1) is 12.7 Å². The molecule has 0 amide bonds. The van der Waals surface area contributed by atoms with Crippen molar-refractivity contribution in [1.82, 2.24) is 0 Å². The molecule has 1 aromatic carbocycles. The predicted octanol–water partition coefficient (Wildman–Crippen LogP) is 2.87. The van der Waals surface area contributed by atoms with E-state index in [2.05, 4.69) is 0 Å². The third kappa shape index (κ3) is 3.23. The Labute approximate surface area is 88.5 Å². The van der Waals surface area contributed by atoms with Crippen LogP contribution in [0.15, 0.2) is 12.1 Å². The molecule has 1 aromatic rings. The molecule has 0 aromatic heterocycles. The summed E-state index contributed by atoms with van der Waals surface area (Å²) in [7, 11) is 1.40. The van der Waals surface area contributed by atoms with Crippen molar-refractivity contribution >= 4 is 5.97 Å². The maximum Gasteiger partial charge on any atom is 0.338 e. The summed E-state index contributed by atoms with van der Waals surface area (Å²) in [5.74, 6) is -1.71. The van der Waals surface area contributed by atoms with Crippen LogP contribution in [-0.4, -0.2) is 18.2 Å². The van der Waals surface area contributed by atoms with Crippen LogP contribution >= 0.6 is 0 Å². The van der Waals surface area contributed by atoms with Crippen molar-refractivity contribution in [2.24, 2.45) is 0 Å². The second-order valence-electron chi connectivity index (χ2n) is 2.61. The van der Waals surface area contributed by atoms with Crippen molar-refractivity contribution < 1.29 is 19.0 Å². The van der Waals surface area contributed by atoms with E-state index in [1.807, 2.05) is 13.8 Å². The van der Waals surface area contributed by atoms with Crippen LogP contribution in [0, 0.1) is 12.7 Å². The van der Waals surface area contributed by atoms with Gasteiger partial charge in [-0.05, 0) is 18.6 Å². The zero-order chi connectivity index (χ0) is 12.0. The molecule has 0 atom stereocenters. The van der Waals surface area contributed by atoms with Gasteiger partial charge in [-0.25, -0.2) is 9.18 Å². The molecule has 0 radical (unpaired) electrons. The molecule has 1 N–H and O–H groups in total. The SMILES string of the molecule is CC.COc1cc(F)c(C(=O)O)cc1C. The van der Waals surface area contributed by atoms with E-state index in [-0.39, 0.29) is 5.56 Å². The van der Waals surface area contributed by atoms with E-state index < -0.39 is 11.8 Å². The number of rotatable bonds is 2. The molecule has 0 heterocycles. The fraction of sp³-hybridized carbons (Fsp3) is 0.364. The molecule has 4 heteroatoms. The molecule has 0 aliphatic carbocycles. The van der Waals surface area contributed by atoms with Crippen molar-refractivity contribution in [3.8, 4) is 5.75 Å². The first-order valence-electron chi connectivity index (χ1n) is 4.63. The lowest BCUT2D eigenvalue weighted by Crippen LogP contribution is -2.02. The van der Waals surface area contributed by atoms with Crippen LogP contribution in [0.3, 0.4) is 0 Å². The average Bonchev–Trinajstić information content (AvgIpc) is 2.23. The fourth-order valence-corrected chi connectivity index (χ4v) is 1.05. The number of aryl methyl sites for hydroxylation is 1. The molecule has 1 rings (SSSR count). The first-order valence-corrected chi connectivity index (χ1v) is 4.63. The smallest absolute Gasteiger partial charge is 0.338 e. The summed E-state index contributed by atoms with van der Waals surface area (Å²) in [6, 6.07) is 2.31. The largest absolute Gasteiger partial charge is 0.496 e. The number of aromatic carboxylic acids is 1. The summed E-state index contributed by atoms with van der Waals surface area (Å²) in [5, 5.41) is 8.57. The highest BCUT2D eigenvalue weighted by molar-refractivity contribution is 5.88. The Kier molecular flexibility index (Phi) is 5.37. The Morgan fingerprint density at radius 2 is 1.93 bits per heavy atom. The number of benzene rings is 1. The van der Waals surface area contributed by atoms with Crippen molar-refractivity contribution in [3.63, 3.8) is 0 Å². The zero-order valence-electron chi connectivity index (χ0n) is 9.30. The fourth-order valence-electron chi connectivity index (χ4n) is 1.05. The lowest BCUT2D eigenvalue weighted by molar-refractivity contribution is 0.0691. The summed E-state index contributed by atoms with van der Waals surface area (Å²) in [5.41, 5.74) is 0.264. The van der Waals surface area contributed by atoms with Crippen LogP contribution in [0.2, 0.25) is 0 Å². The van der Waals surface area contributed by atoms with E-state index in [9.17, 15) is 9.18 Å². The van der Waals surface area contributed by atoms with Crippen LogP contribution in [-0.2, 0) is 0 Å². The van der Waals surface area contributed by atoms with E-state index in [4.69, 9.17) is 9.84 Å². The molecular formula is C11H15FO3. The predicted molar refractivity (Wildman–Crippen MR) is 56.0 cm³/mol. The van der Waals surface area contributed by atoms with Gasteiger partial charge in [0.1, 0.15) is 11.6 Å². The molecular weight excluding hydrogens is 199 g/mol. The summed E-state index contributed by atoms with van der Waals surface area (Å²) in [6.45, 7) is 5.66. The van der Waals surface area contributed by atoms with Gasteiger partial charge < -0.3 is 9.84 Å². The monoisotopic (exact) mass is 214 g/mol. The van der Waals surface area contributed by atoms with Gasteiger partial charge in [0.15, 0.2) is 0 Å².